The minimum Gasteiger partial charge on any atom is -0.466 e. The highest BCUT2D eigenvalue weighted by Crippen LogP contribution is 2.38. The lowest BCUT2D eigenvalue weighted by molar-refractivity contribution is -0.161. The lowest BCUT2D eigenvalue weighted by atomic mass is 9.74. The molecule has 0 spiro atoms. The van der Waals surface area contributed by atoms with Crippen molar-refractivity contribution in [1.82, 2.24) is 4.90 Å². The zero-order valence-electron chi connectivity index (χ0n) is 16.3. The molecule has 2 fully saturated rings. The molecule has 1 aromatic rings. The minimum absolute atomic E-state index is 0.00169. The van der Waals surface area contributed by atoms with Crippen molar-refractivity contribution in [2.75, 3.05) is 32.9 Å². The highest BCUT2D eigenvalue weighted by atomic mass is 16.5. The fourth-order valence-corrected chi connectivity index (χ4v) is 4.26. The number of carbonyl (C=O) groups is 2. The summed E-state index contributed by atoms with van der Waals surface area (Å²) in [5.74, 6) is 0.0989. The average Bonchev–Trinajstić information content (AvgIpc) is 3.24. The molecule has 0 saturated carbocycles. The number of aryl methyl sites for hydroxylation is 1. The lowest BCUT2D eigenvalue weighted by Crippen LogP contribution is -2.48. The topological polar surface area (TPSA) is 55.8 Å². The van der Waals surface area contributed by atoms with Gasteiger partial charge in [-0.3, -0.25) is 9.59 Å². The third kappa shape index (κ3) is 4.89. The predicted molar refractivity (Wildman–Crippen MR) is 103 cm³/mol. The fraction of sp³-hybridized carbons (Fsp3) is 0.636. The van der Waals surface area contributed by atoms with Gasteiger partial charge >= 0.3 is 5.97 Å². The number of nitrogens with zero attached hydrogens (tertiary/aromatic N) is 1. The normalized spacial score (nSPS) is 21.8. The molecule has 1 atom stereocenters. The first-order valence-corrected chi connectivity index (χ1v) is 10.2. The Morgan fingerprint density at radius 2 is 1.96 bits per heavy atom. The van der Waals surface area contributed by atoms with Crippen LogP contribution in [-0.2, 0) is 25.5 Å². The van der Waals surface area contributed by atoms with Gasteiger partial charge in [0.15, 0.2) is 0 Å². The van der Waals surface area contributed by atoms with Gasteiger partial charge < -0.3 is 14.4 Å². The molecule has 3 rings (SSSR count). The van der Waals surface area contributed by atoms with Gasteiger partial charge in [0.1, 0.15) is 0 Å². The van der Waals surface area contributed by atoms with Crippen molar-refractivity contribution in [3.05, 3.63) is 35.9 Å². The third-order valence-corrected chi connectivity index (χ3v) is 5.98. The number of benzene rings is 1. The Morgan fingerprint density at radius 3 is 2.59 bits per heavy atom. The second-order valence-corrected chi connectivity index (χ2v) is 7.73. The van der Waals surface area contributed by atoms with E-state index in [-0.39, 0.29) is 17.8 Å². The zero-order chi connectivity index (χ0) is 19.1. The molecule has 148 valence electrons. The first-order chi connectivity index (χ1) is 13.1. The molecular weight excluding hydrogens is 342 g/mol. The highest BCUT2D eigenvalue weighted by molar-refractivity contribution is 5.81. The Kier molecular flexibility index (Phi) is 6.89. The van der Waals surface area contributed by atoms with E-state index >= 15 is 0 Å². The Bertz CT molecular complexity index is 616. The van der Waals surface area contributed by atoms with Crippen LogP contribution < -0.4 is 0 Å². The van der Waals surface area contributed by atoms with Gasteiger partial charge in [0, 0.05) is 19.7 Å². The van der Waals surface area contributed by atoms with E-state index < -0.39 is 5.41 Å². The van der Waals surface area contributed by atoms with Crippen LogP contribution in [0.3, 0.4) is 0 Å². The summed E-state index contributed by atoms with van der Waals surface area (Å²) in [4.78, 5) is 27.3. The van der Waals surface area contributed by atoms with Crippen LogP contribution in [-0.4, -0.2) is 49.7 Å². The van der Waals surface area contributed by atoms with Crippen LogP contribution in [0.4, 0.5) is 0 Å². The number of amides is 1. The molecular formula is C22H31NO4. The Balaban J connectivity index is 1.58. The summed E-state index contributed by atoms with van der Waals surface area (Å²) in [6.07, 6.45) is 4.93. The monoisotopic (exact) mass is 373 g/mol. The number of piperidine rings is 1. The highest BCUT2D eigenvalue weighted by Gasteiger charge is 2.43. The van der Waals surface area contributed by atoms with E-state index in [0.717, 1.165) is 25.7 Å². The molecule has 2 aliphatic rings. The standard InChI is InChI=1S/C22H31NO4/c1-2-27-21(25)22(11-6-9-18-7-4-3-5-8-18)12-14-23(15-13-22)20(24)19-10-16-26-17-19/h3-5,7-8,19H,2,6,9-17H2,1H3/t19-/m1/s1. The molecule has 0 N–H and O–H groups in total. The Labute approximate surface area is 162 Å². The summed E-state index contributed by atoms with van der Waals surface area (Å²) in [7, 11) is 0. The van der Waals surface area contributed by atoms with Crippen LogP contribution in [0.25, 0.3) is 0 Å². The molecule has 2 saturated heterocycles. The SMILES string of the molecule is CCOC(=O)C1(CCCc2ccccc2)CCN(C(=O)[C@@H]2CCOC2)CC1. The lowest BCUT2D eigenvalue weighted by Gasteiger charge is -2.40. The van der Waals surface area contributed by atoms with Gasteiger partial charge in [0.05, 0.1) is 24.5 Å². The maximum absolute atomic E-state index is 12.7. The Hall–Kier alpha value is -1.88. The van der Waals surface area contributed by atoms with Crippen LogP contribution in [0, 0.1) is 11.3 Å². The maximum atomic E-state index is 12.7. The minimum atomic E-state index is -0.451. The van der Waals surface area contributed by atoms with Gasteiger partial charge in [-0.05, 0) is 51.0 Å². The van der Waals surface area contributed by atoms with Gasteiger partial charge in [-0.15, -0.1) is 0 Å². The van der Waals surface area contributed by atoms with Gasteiger partial charge in [-0.2, -0.15) is 0 Å². The van der Waals surface area contributed by atoms with Crippen LogP contribution in [0.1, 0.15) is 44.6 Å². The van der Waals surface area contributed by atoms with Gasteiger partial charge in [0.25, 0.3) is 0 Å². The molecule has 27 heavy (non-hydrogen) atoms. The number of hydrogen-bond donors (Lipinski definition) is 0. The molecule has 1 amide bonds. The average molecular weight is 373 g/mol. The van der Waals surface area contributed by atoms with E-state index in [9.17, 15) is 9.59 Å². The largest absolute Gasteiger partial charge is 0.466 e. The van der Waals surface area contributed by atoms with Gasteiger partial charge in [-0.25, -0.2) is 0 Å². The fourth-order valence-electron chi connectivity index (χ4n) is 4.26. The van der Waals surface area contributed by atoms with Crippen molar-refractivity contribution in [3.8, 4) is 0 Å². The number of carbonyl (C=O) groups excluding carboxylic acids is 2. The molecule has 1 aromatic carbocycles. The van der Waals surface area contributed by atoms with E-state index in [0.29, 0.717) is 45.8 Å². The van der Waals surface area contributed by atoms with Crippen molar-refractivity contribution >= 4 is 11.9 Å². The number of likely N-dealkylation sites (tertiary alicyclic amines) is 1. The van der Waals surface area contributed by atoms with Crippen molar-refractivity contribution < 1.29 is 19.1 Å². The molecule has 5 nitrogen and oxygen atoms in total. The summed E-state index contributed by atoms with van der Waals surface area (Å²) in [6.45, 7) is 4.75. The quantitative estimate of drug-likeness (QED) is 0.689. The summed E-state index contributed by atoms with van der Waals surface area (Å²) in [5.41, 5.74) is 0.846. The number of ether oxygens (including phenoxy) is 2. The summed E-state index contributed by atoms with van der Waals surface area (Å²) < 4.78 is 10.8. The molecule has 0 aromatic heterocycles. The first kappa shape index (κ1) is 19.9. The summed E-state index contributed by atoms with van der Waals surface area (Å²) in [5, 5.41) is 0. The molecule has 0 radical (unpaired) electrons. The summed E-state index contributed by atoms with van der Waals surface area (Å²) >= 11 is 0. The third-order valence-electron chi connectivity index (χ3n) is 5.98. The second kappa shape index (κ2) is 9.36. The van der Waals surface area contributed by atoms with Gasteiger partial charge in [0.2, 0.25) is 5.91 Å². The molecule has 0 bridgehead atoms. The molecule has 0 aliphatic carbocycles. The van der Waals surface area contributed by atoms with E-state index in [1.807, 2.05) is 30.0 Å². The zero-order valence-corrected chi connectivity index (χ0v) is 16.3. The molecule has 2 heterocycles. The number of esters is 1. The van der Waals surface area contributed by atoms with E-state index in [1.54, 1.807) is 0 Å². The van der Waals surface area contributed by atoms with Crippen molar-refractivity contribution in [2.45, 2.75) is 45.4 Å². The van der Waals surface area contributed by atoms with E-state index in [1.165, 1.54) is 5.56 Å². The molecule has 0 unspecified atom stereocenters. The number of hydrogen-bond acceptors (Lipinski definition) is 4. The maximum Gasteiger partial charge on any atom is 0.312 e. The van der Waals surface area contributed by atoms with Crippen LogP contribution in [0.5, 0.6) is 0 Å². The first-order valence-electron chi connectivity index (χ1n) is 10.2. The smallest absolute Gasteiger partial charge is 0.312 e. The second-order valence-electron chi connectivity index (χ2n) is 7.73. The van der Waals surface area contributed by atoms with Gasteiger partial charge in [-0.1, -0.05) is 30.3 Å². The van der Waals surface area contributed by atoms with Crippen LogP contribution in [0.2, 0.25) is 0 Å². The van der Waals surface area contributed by atoms with Crippen molar-refractivity contribution in [2.24, 2.45) is 11.3 Å². The van der Waals surface area contributed by atoms with Crippen molar-refractivity contribution in [3.63, 3.8) is 0 Å². The van der Waals surface area contributed by atoms with E-state index in [2.05, 4.69) is 12.1 Å². The van der Waals surface area contributed by atoms with Crippen molar-refractivity contribution in [1.29, 1.82) is 0 Å². The Morgan fingerprint density at radius 1 is 1.22 bits per heavy atom. The molecule has 5 heteroatoms. The van der Waals surface area contributed by atoms with Crippen LogP contribution >= 0.6 is 0 Å². The number of rotatable bonds is 7. The summed E-state index contributed by atoms with van der Waals surface area (Å²) in [6, 6.07) is 10.4. The molecule has 2 aliphatic heterocycles. The van der Waals surface area contributed by atoms with Crippen LogP contribution in [0.15, 0.2) is 30.3 Å². The van der Waals surface area contributed by atoms with E-state index in [4.69, 9.17) is 9.47 Å². The predicted octanol–water partition coefficient (Wildman–Crippen LogP) is 3.22.